The third kappa shape index (κ3) is 2.07. The molecule has 3 heteroatoms. The largest absolute Gasteiger partial charge is 0.465 e. The molecule has 0 saturated heterocycles. The molecule has 3 nitrogen and oxygen atoms in total. The molecule has 0 atom stereocenters. The Bertz CT molecular complexity index is 788. The molecule has 0 N–H and O–H groups in total. The standard InChI is InChI=1S/C17H14O3/c1-2-19-17-15(12-8-4-3-5-9-12)13-10-6-7-11-14(13)16(18)20-17/h3-11H,2H2,1H3. The van der Waals surface area contributed by atoms with Gasteiger partial charge in [0, 0.05) is 5.39 Å². The second-order valence-corrected chi connectivity index (χ2v) is 4.40. The van der Waals surface area contributed by atoms with Gasteiger partial charge in [-0.25, -0.2) is 4.79 Å². The zero-order chi connectivity index (χ0) is 13.9. The fourth-order valence-electron chi connectivity index (χ4n) is 2.29. The van der Waals surface area contributed by atoms with E-state index in [1.165, 1.54) is 0 Å². The van der Waals surface area contributed by atoms with E-state index >= 15 is 0 Å². The Labute approximate surface area is 116 Å². The SMILES string of the molecule is CCOc1oc(=O)c2ccccc2c1-c1ccccc1. The van der Waals surface area contributed by atoms with E-state index in [1.54, 1.807) is 6.07 Å². The Balaban J connectivity index is 2.40. The van der Waals surface area contributed by atoms with E-state index in [9.17, 15) is 4.79 Å². The van der Waals surface area contributed by atoms with Crippen molar-refractivity contribution in [3.8, 4) is 17.1 Å². The normalized spacial score (nSPS) is 10.7. The van der Waals surface area contributed by atoms with Gasteiger partial charge in [0.2, 0.25) is 0 Å². The fraction of sp³-hybridized carbons (Fsp3) is 0.118. The van der Waals surface area contributed by atoms with E-state index in [1.807, 2.05) is 55.5 Å². The first-order chi connectivity index (χ1) is 9.81. The number of ether oxygens (including phenoxy) is 1. The van der Waals surface area contributed by atoms with Gasteiger partial charge in [-0.05, 0) is 18.6 Å². The Kier molecular flexibility index (Phi) is 3.25. The highest BCUT2D eigenvalue weighted by molar-refractivity contribution is 5.97. The highest BCUT2D eigenvalue weighted by atomic mass is 16.6. The van der Waals surface area contributed by atoms with Crippen molar-refractivity contribution in [2.75, 3.05) is 6.61 Å². The van der Waals surface area contributed by atoms with Gasteiger partial charge in [-0.3, -0.25) is 0 Å². The van der Waals surface area contributed by atoms with Gasteiger partial charge in [0.05, 0.1) is 17.6 Å². The van der Waals surface area contributed by atoms with Gasteiger partial charge in [0.25, 0.3) is 5.95 Å². The molecular formula is C17H14O3. The molecule has 0 unspecified atom stereocenters. The van der Waals surface area contributed by atoms with Crippen LogP contribution in [0, 0.1) is 0 Å². The van der Waals surface area contributed by atoms with Crippen LogP contribution in [0.3, 0.4) is 0 Å². The first-order valence-corrected chi connectivity index (χ1v) is 6.55. The fourth-order valence-corrected chi connectivity index (χ4v) is 2.29. The highest BCUT2D eigenvalue weighted by Gasteiger charge is 2.16. The maximum absolute atomic E-state index is 12.0. The molecule has 0 amide bonds. The summed E-state index contributed by atoms with van der Waals surface area (Å²) in [6.45, 7) is 2.31. The lowest BCUT2D eigenvalue weighted by Crippen LogP contribution is -2.04. The predicted molar refractivity (Wildman–Crippen MR) is 79.1 cm³/mol. The molecule has 0 radical (unpaired) electrons. The van der Waals surface area contributed by atoms with Crippen molar-refractivity contribution >= 4 is 10.8 Å². The quantitative estimate of drug-likeness (QED) is 0.722. The predicted octanol–water partition coefficient (Wildman–Crippen LogP) is 3.86. The smallest absolute Gasteiger partial charge is 0.346 e. The zero-order valence-corrected chi connectivity index (χ0v) is 11.1. The van der Waals surface area contributed by atoms with Crippen molar-refractivity contribution in [1.29, 1.82) is 0 Å². The summed E-state index contributed by atoms with van der Waals surface area (Å²) < 4.78 is 10.9. The lowest BCUT2D eigenvalue weighted by atomic mass is 10.0. The van der Waals surface area contributed by atoms with Crippen LogP contribution < -0.4 is 10.4 Å². The second-order valence-electron chi connectivity index (χ2n) is 4.40. The number of hydrogen-bond acceptors (Lipinski definition) is 3. The highest BCUT2D eigenvalue weighted by Crippen LogP contribution is 2.35. The molecule has 1 heterocycles. The van der Waals surface area contributed by atoms with Gasteiger partial charge in [0.1, 0.15) is 0 Å². The molecule has 0 aliphatic carbocycles. The summed E-state index contributed by atoms with van der Waals surface area (Å²) in [5.41, 5.74) is 1.42. The number of fused-ring (bicyclic) bond motifs is 1. The molecule has 3 aromatic rings. The van der Waals surface area contributed by atoms with Gasteiger partial charge < -0.3 is 9.15 Å². The number of benzene rings is 2. The third-order valence-corrected chi connectivity index (χ3v) is 3.14. The second kappa shape index (κ2) is 5.21. The maximum atomic E-state index is 12.0. The van der Waals surface area contributed by atoms with E-state index < -0.39 is 0 Å². The summed E-state index contributed by atoms with van der Waals surface area (Å²) in [5.74, 6) is 0.280. The zero-order valence-electron chi connectivity index (χ0n) is 11.1. The van der Waals surface area contributed by atoms with Crippen LogP contribution in [-0.4, -0.2) is 6.61 Å². The lowest BCUT2D eigenvalue weighted by molar-refractivity contribution is 0.247. The minimum absolute atomic E-state index is 0.280. The van der Waals surface area contributed by atoms with Crippen molar-refractivity contribution in [3.63, 3.8) is 0 Å². The molecule has 0 saturated carbocycles. The van der Waals surface area contributed by atoms with Crippen LogP contribution in [0.2, 0.25) is 0 Å². The van der Waals surface area contributed by atoms with Gasteiger partial charge in [-0.15, -0.1) is 0 Å². The summed E-state index contributed by atoms with van der Waals surface area (Å²) in [6.07, 6.45) is 0. The van der Waals surface area contributed by atoms with Crippen LogP contribution in [0.4, 0.5) is 0 Å². The molecule has 0 fully saturated rings. The van der Waals surface area contributed by atoms with Crippen molar-refractivity contribution in [2.24, 2.45) is 0 Å². The van der Waals surface area contributed by atoms with E-state index in [2.05, 4.69) is 0 Å². The summed E-state index contributed by atoms with van der Waals surface area (Å²) in [4.78, 5) is 12.0. The Hall–Kier alpha value is -2.55. The molecule has 0 aliphatic heterocycles. The van der Waals surface area contributed by atoms with Gasteiger partial charge in [-0.1, -0.05) is 48.5 Å². The van der Waals surface area contributed by atoms with Gasteiger partial charge >= 0.3 is 5.63 Å². The average Bonchev–Trinajstić information content (AvgIpc) is 2.49. The molecule has 0 spiro atoms. The van der Waals surface area contributed by atoms with Crippen molar-refractivity contribution < 1.29 is 9.15 Å². The average molecular weight is 266 g/mol. The molecule has 20 heavy (non-hydrogen) atoms. The summed E-state index contributed by atoms with van der Waals surface area (Å²) in [5, 5.41) is 1.41. The first kappa shape index (κ1) is 12.5. The summed E-state index contributed by atoms with van der Waals surface area (Å²) >= 11 is 0. The first-order valence-electron chi connectivity index (χ1n) is 6.55. The van der Waals surface area contributed by atoms with Crippen LogP contribution in [0.1, 0.15) is 6.92 Å². The van der Waals surface area contributed by atoms with Crippen LogP contribution in [0.5, 0.6) is 5.95 Å². The summed E-state index contributed by atoms with van der Waals surface area (Å²) in [6, 6.07) is 17.2. The summed E-state index contributed by atoms with van der Waals surface area (Å²) in [7, 11) is 0. The molecule has 100 valence electrons. The van der Waals surface area contributed by atoms with Crippen molar-refractivity contribution in [3.05, 3.63) is 65.0 Å². The van der Waals surface area contributed by atoms with Gasteiger partial charge in [0.15, 0.2) is 0 Å². The molecule has 0 bridgehead atoms. The molecule has 1 aromatic heterocycles. The van der Waals surface area contributed by atoms with Crippen LogP contribution in [-0.2, 0) is 0 Å². The van der Waals surface area contributed by atoms with Crippen LogP contribution in [0.25, 0.3) is 21.9 Å². The molecule has 3 rings (SSSR count). The molecular weight excluding hydrogens is 252 g/mol. The number of hydrogen-bond donors (Lipinski definition) is 0. The monoisotopic (exact) mass is 266 g/mol. The van der Waals surface area contributed by atoms with E-state index in [0.717, 1.165) is 16.5 Å². The minimum atomic E-state index is -0.372. The Morgan fingerprint density at radius 1 is 0.950 bits per heavy atom. The van der Waals surface area contributed by atoms with Crippen LogP contribution in [0.15, 0.2) is 63.8 Å². The molecule has 0 aliphatic rings. The Morgan fingerprint density at radius 3 is 2.30 bits per heavy atom. The maximum Gasteiger partial charge on any atom is 0.346 e. The van der Waals surface area contributed by atoms with Gasteiger partial charge in [-0.2, -0.15) is 0 Å². The third-order valence-electron chi connectivity index (χ3n) is 3.14. The van der Waals surface area contributed by atoms with E-state index in [-0.39, 0.29) is 11.6 Å². The van der Waals surface area contributed by atoms with Crippen molar-refractivity contribution in [2.45, 2.75) is 6.92 Å². The topological polar surface area (TPSA) is 39.4 Å². The molecule has 2 aromatic carbocycles. The minimum Gasteiger partial charge on any atom is -0.465 e. The van der Waals surface area contributed by atoms with Crippen molar-refractivity contribution in [1.82, 2.24) is 0 Å². The Morgan fingerprint density at radius 2 is 1.60 bits per heavy atom. The lowest BCUT2D eigenvalue weighted by Gasteiger charge is -2.11. The van der Waals surface area contributed by atoms with E-state index in [4.69, 9.17) is 9.15 Å². The van der Waals surface area contributed by atoms with Crippen LogP contribution >= 0.6 is 0 Å². The number of rotatable bonds is 3. The van der Waals surface area contributed by atoms with E-state index in [0.29, 0.717) is 12.0 Å².